The molecule has 0 bridgehead atoms. The molecule has 16 nitrogen and oxygen atoms in total. The first-order valence-electron chi connectivity index (χ1n) is 21.6. The molecule has 0 aliphatic heterocycles. The molecule has 22 heteroatoms. The Morgan fingerprint density at radius 1 is 0.704 bits per heavy atom. The van der Waals surface area contributed by atoms with Crippen LogP contribution in [0.2, 0.25) is 15.5 Å². The molecule has 382 valence electrons. The van der Waals surface area contributed by atoms with Crippen molar-refractivity contribution in [3.63, 3.8) is 0 Å². The van der Waals surface area contributed by atoms with E-state index in [0.29, 0.717) is 38.4 Å². The predicted octanol–water partition coefficient (Wildman–Crippen LogP) is 11.3. The summed E-state index contributed by atoms with van der Waals surface area (Å²) in [5.41, 5.74) is 7.30. The van der Waals surface area contributed by atoms with Gasteiger partial charge in [-0.1, -0.05) is 71.2 Å². The number of nitrogen functional groups attached to an aromatic ring is 1. The van der Waals surface area contributed by atoms with Crippen LogP contribution in [-0.4, -0.2) is 87.6 Å². The van der Waals surface area contributed by atoms with E-state index in [1.807, 2.05) is 63.2 Å². The van der Waals surface area contributed by atoms with Crippen molar-refractivity contribution in [2.75, 3.05) is 37.7 Å². The Morgan fingerprint density at radius 3 is 1.75 bits per heavy atom. The number of rotatable bonds is 14. The number of carbonyl (C=O) groups excluding carboxylic acids is 5. The Hall–Kier alpha value is -5.44. The molecule has 2 aromatic carbocycles. The third kappa shape index (κ3) is 18.0. The van der Waals surface area contributed by atoms with Gasteiger partial charge in [0.05, 0.1) is 39.1 Å². The van der Waals surface area contributed by atoms with Crippen molar-refractivity contribution < 1.29 is 42.9 Å². The number of nitrogens with two attached hydrogens (primary N) is 1. The highest BCUT2D eigenvalue weighted by atomic mass is 35.5. The number of nitrogens with one attached hydrogen (secondary N) is 2. The maximum absolute atomic E-state index is 13.3. The van der Waals surface area contributed by atoms with E-state index in [1.54, 1.807) is 64.0 Å². The average molecular weight is 1090 g/mol. The van der Waals surface area contributed by atoms with E-state index in [9.17, 15) is 28.8 Å². The molecule has 3 heterocycles. The van der Waals surface area contributed by atoms with Gasteiger partial charge in [-0.3, -0.25) is 14.2 Å². The van der Waals surface area contributed by atoms with Crippen molar-refractivity contribution in [2.45, 2.75) is 84.7 Å². The maximum Gasteiger partial charge on any atom is 0.407 e. The number of ketones is 1. The number of nitrogens with zero attached hydrogens (tertiary/aromatic N) is 3. The molecule has 5 aromatic rings. The molecule has 0 saturated heterocycles. The Kier molecular flexibility index (Phi) is 23.6. The summed E-state index contributed by atoms with van der Waals surface area (Å²) in [7, 11) is 0. The van der Waals surface area contributed by atoms with Crippen LogP contribution >= 0.6 is 70.1 Å². The van der Waals surface area contributed by atoms with Gasteiger partial charge in [0.25, 0.3) is 0 Å². The minimum atomic E-state index is -0.716. The topological polar surface area (TPSA) is 220 Å². The predicted molar refractivity (Wildman–Crippen MR) is 286 cm³/mol. The van der Waals surface area contributed by atoms with Crippen molar-refractivity contribution in [1.29, 1.82) is 0 Å². The molecule has 0 radical (unpaired) electrons. The highest BCUT2D eigenvalue weighted by molar-refractivity contribution is 8.21. The lowest BCUT2D eigenvalue weighted by Gasteiger charge is -2.22. The first-order chi connectivity index (χ1) is 33.4. The number of alkyl carbamates (subject to hydrolysis) is 2. The van der Waals surface area contributed by atoms with Crippen LogP contribution in [0.25, 0.3) is 16.7 Å². The van der Waals surface area contributed by atoms with E-state index < -0.39 is 46.5 Å². The maximum atomic E-state index is 13.3. The Morgan fingerprint density at radius 2 is 1.23 bits per heavy atom. The second-order valence-corrected chi connectivity index (χ2v) is 20.2. The molecule has 5 rings (SSSR count). The van der Waals surface area contributed by atoms with Gasteiger partial charge in [0, 0.05) is 18.8 Å². The highest BCUT2D eigenvalue weighted by Crippen LogP contribution is 2.33. The number of aromatic nitrogens is 3. The second-order valence-electron chi connectivity index (χ2n) is 16.4. The second kappa shape index (κ2) is 28.0. The number of anilines is 1. The number of benzene rings is 2. The minimum Gasteiger partial charge on any atom is -0.462 e. The fourth-order valence-corrected chi connectivity index (χ4v) is 8.77. The van der Waals surface area contributed by atoms with Gasteiger partial charge in [0.2, 0.25) is 11.2 Å². The summed E-state index contributed by atoms with van der Waals surface area (Å²) >= 11 is 21.6. The number of halogens is 3. The zero-order chi connectivity index (χ0) is 53.2. The number of fused-ring (bicyclic) bond motifs is 1. The fraction of sp³-hybridized carbons (Fsp3) is 0.347. The third-order valence-corrected chi connectivity index (χ3v) is 12.5. The summed E-state index contributed by atoms with van der Waals surface area (Å²) in [6.07, 6.45) is 4.31. The molecule has 0 saturated carbocycles. The number of thioether (sulfide) groups is 3. The van der Waals surface area contributed by atoms with Crippen LogP contribution in [0.4, 0.5) is 15.3 Å². The lowest BCUT2D eigenvalue weighted by Crippen LogP contribution is -2.32. The number of Topliss-reactive ketones (excluding diaryl/α,β-unsaturated/α-hetero) is 1. The van der Waals surface area contributed by atoms with Crippen LogP contribution in [0.15, 0.2) is 92.4 Å². The van der Waals surface area contributed by atoms with Gasteiger partial charge in [0.1, 0.15) is 37.8 Å². The van der Waals surface area contributed by atoms with E-state index in [0.717, 1.165) is 5.56 Å². The zero-order valence-corrected chi connectivity index (χ0v) is 45.8. The molecule has 0 aliphatic rings. The summed E-state index contributed by atoms with van der Waals surface area (Å²) < 4.78 is 22.8. The summed E-state index contributed by atoms with van der Waals surface area (Å²) in [5, 5.41) is 6.31. The molecule has 0 unspecified atom stereocenters. The van der Waals surface area contributed by atoms with Crippen LogP contribution in [0.3, 0.4) is 0 Å². The average Bonchev–Trinajstić information content (AvgIpc) is 3.29. The van der Waals surface area contributed by atoms with Crippen LogP contribution < -0.4 is 21.8 Å². The SMILES string of the molecule is CC(C)(C)OC(=O)NCc1ccccc1N.CCOC(=O)C(C(=O)c1ccc(Cl)nc1Cl)=C(SC)SC.CCOC(=O)c1c(SC)n(-c2ccccc2CNC(=O)OC(C)(C)C)c2nc(Cl)ccc2c1=O. The van der Waals surface area contributed by atoms with E-state index in [4.69, 9.17) is 59.5 Å². The smallest absolute Gasteiger partial charge is 0.407 e. The molecule has 0 atom stereocenters. The van der Waals surface area contributed by atoms with E-state index in [1.165, 1.54) is 59.6 Å². The number of hydrogen-bond donors (Lipinski definition) is 3. The van der Waals surface area contributed by atoms with Crippen molar-refractivity contribution in [3.8, 4) is 5.69 Å². The number of carbonyl (C=O) groups is 5. The summed E-state index contributed by atoms with van der Waals surface area (Å²) in [4.78, 5) is 82.6. The van der Waals surface area contributed by atoms with Crippen molar-refractivity contribution >= 4 is 117 Å². The molecule has 2 amide bonds. The Balaban J connectivity index is 0.000000307. The number of hydrogen-bond acceptors (Lipinski definition) is 16. The normalized spacial score (nSPS) is 10.9. The lowest BCUT2D eigenvalue weighted by atomic mass is 10.1. The number of esters is 2. The first kappa shape index (κ1) is 59.9. The first-order valence-corrected chi connectivity index (χ1v) is 26.4. The van der Waals surface area contributed by atoms with Crippen molar-refractivity contribution in [2.24, 2.45) is 0 Å². The molecule has 0 aliphatic carbocycles. The summed E-state index contributed by atoms with van der Waals surface area (Å²) in [6, 6.07) is 20.6. The van der Waals surface area contributed by atoms with Gasteiger partial charge in [0.15, 0.2) is 5.65 Å². The van der Waals surface area contributed by atoms with Gasteiger partial charge >= 0.3 is 24.1 Å². The van der Waals surface area contributed by atoms with Gasteiger partial charge in [-0.05, 0) is 122 Å². The molecule has 3 aromatic heterocycles. The van der Waals surface area contributed by atoms with Crippen molar-refractivity contribution in [3.05, 3.63) is 131 Å². The molecular weight excluding hydrogens is 1040 g/mol. The minimum absolute atomic E-state index is 0.0390. The van der Waals surface area contributed by atoms with Crippen LogP contribution in [0, 0.1) is 0 Å². The number of pyridine rings is 3. The summed E-state index contributed by atoms with van der Waals surface area (Å²) in [5.74, 6) is -1.92. The Labute approximate surface area is 440 Å². The van der Waals surface area contributed by atoms with Crippen LogP contribution in [0.1, 0.15) is 87.2 Å². The van der Waals surface area contributed by atoms with E-state index >= 15 is 0 Å². The number of amides is 2. The quantitative estimate of drug-likeness (QED) is 0.0108. The van der Waals surface area contributed by atoms with Gasteiger partial charge in [-0.25, -0.2) is 29.1 Å². The summed E-state index contributed by atoms with van der Waals surface area (Å²) in [6.45, 7) is 15.0. The highest BCUT2D eigenvalue weighted by Gasteiger charge is 2.29. The standard InChI is InChI=1S/C24H26ClN3O5S.C13H13Cl2NO3S2.C12H18N2O2/c1-6-32-22(30)18-19(29)15-11-12-17(25)27-20(15)28(21(18)34-5)16-10-8-7-9-14(16)13-26-23(31)33-24(2,3)4;1-4-19-12(18)9(13(20-2)21-3)10(17)7-5-6-8(14)16-11(7)15;1-12(2,3)16-11(15)14-8-9-6-4-5-7-10(9)13/h7-12H,6,13H2,1-5H3,(H,26,31);5-6H,4H2,1-3H3;4-7H,8,13H2,1-3H3,(H,14,15). The molecular formula is C49H57Cl3N6O10S3. The van der Waals surface area contributed by atoms with E-state index in [-0.39, 0.29) is 57.3 Å². The van der Waals surface area contributed by atoms with Gasteiger partial charge in [-0.15, -0.1) is 35.3 Å². The molecule has 71 heavy (non-hydrogen) atoms. The molecule has 0 spiro atoms. The molecule has 0 fully saturated rings. The largest absolute Gasteiger partial charge is 0.462 e. The number of ether oxygens (including phenoxy) is 4. The zero-order valence-electron chi connectivity index (χ0n) is 41.1. The lowest BCUT2D eigenvalue weighted by molar-refractivity contribution is -0.138. The monoisotopic (exact) mass is 1090 g/mol. The van der Waals surface area contributed by atoms with E-state index in [2.05, 4.69) is 20.6 Å². The van der Waals surface area contributed by atoms with Crippen LogP contribution in [-0.2, 0) is 36.8 Å². The molecule has 4 N–H and O–H groups in total. The van der Waals surface area contributed by atoms with Gasteiger partial charge < -0.3 is 35.3 Å². The third-order valence-electron chi connectivity index (χ3n) is 8.89. The number of para-hydroxylation sites is 2. The fourth-order valence-electron chi connectivity index (χ4n) is 6.03. The van der Waals surface area contributed by atoms with Crippen LogP contribution in [0.5, 0.6) is 0 Å². The van der Waals surface area contributed by atoms with Gasteiger partial charge in [-0.2, -0.15) is 0 Å². The van der Waals surface area contributed by atoms with Crippen molar-refractivity contribution in [1.82, 2.24) is 25.2 Å². The Bertz CT molecular complexity index is 2810.